The van der Waals surface area contributed by atoms with Crippen LogP contribution in [-0.4, -0.2) is 57.4 Å². The molecule has 2 aromatic carbocycles. The molecule has 29 heavy (non-hydrogen) atoms. The molecule has 0 fully saturated rings. The van der Waals surface area contributed by atoms with Crippen LogP contribution in [0.15, 0.2) is 48.5 Å². The molecule has 4 aromatic rings. The van der Waals surface area contributed by atoms with Gasteiger partial charge in [0.1, 0.15) is 11.9 Å². The number of carbonyl (C=O) groups excluding carboxylic acids is 1. The summed E-state index contributed by atoms with van der Waals surface area (Å²) >= 11 is 0. The summed E-state index contributed by atoms with van der Waals surface area (Å²) in [6.07, 6.45) is 0.846. The fraction of sp³-hybridized carbons (Fsp3) is 0.304. The molecule has 0 saturated carbocycles. The van der Waals surface area contributed by atoms with Crippen molar-refractivity contribution in [1.82, 2.24) is 24.3 Å². The smallest absolute Gasteiger partial charge is 0.237 e. The Hall–Kier alpha value is -3.12. The number of nitrogens with one attached hydrogen (secondary N) is 1. The van der Waals surface area contributed by atoms with Gasteiger partial charge in [0.25, 0.3) is 0 Å². The zero-order valence-electron chi connectivity index (χ0n) is 17.0. The van der Waals surface area contributed by atoms with Crippen LogP contribution >= 0.6 is 0 Å². The quantitative estimate of drug-likeness (QED) is 0.588. The van der Waals surface area contributed by atoms with E-state index < -0.39 is 0 Å². The predicted octanol–water partition coefficient (Wildman–Crippen LogP) is 3.09. The van der Waals surface area contributed by atoms with Crippen LogP contribution in [0.4, 0.5) is 0 Å². The summed E-state index contributed by atoms with van der Waals surface area (Å²) in [5, 5.41) is 1.24. The minimum atomic E-state index is -0.226. The van der Waals surface area contributed by atoms with Gasteiger partial charge < -0.3 is 19.4 Å². The van der Waals surface area contributed by atoms with Crippen molar-refractivity contribution >= 4 is 27.8 Å². The summed E-state index contributed by atoms with van der Waals surface area (Å²) in [7, 11) is 5.90. The first-order valence-electron chi connectivity index (χ1n) is 9.99. The fourth-order valence-corrected chi connectivity index (χ4v) is 4.55. The maximum Gasteiger partial charge on any atom is 0.237 e. The van der Waals surface area contributed by atoms with E-state index in [0.29, 0.717) is 13.1 Å². The molecule has 6 heteroatoms. The molecule has 1 aliphatic heterocycles. The highest BCUT2D eigenvalue weighted by molar-refractivity contribution is 5.87. The van der Waals surface area contributed by atoms with Crippen LogP contribution in [0.5, 0.6) is 0 Å². The van der Waals surface area contributed by atoms with Crippen LogP contribution in [-0.2, 0) is 18.3 Å². The monoisotopic (exact) mass is 387 g/mol. The highest BCUT2D eigenvalue weighted by atomic mass is 16.2. The lowest BCUT2D eigenvalue weighted by molar-refractivity contribution is -0.134. The molecule has 1 amide bonds. The summed E-state index contributed by atoms with van der Waals surface area (Å²) in [4.78, 5) is 25.7. The minimum absolute atomic E-state index is 0.122. The maximum atomic E-state index is 13.2. The molecule has 3 heterocycles. The number of rotatable bonds is 3. The maximum absolute atomic E-state index is 13.2. The van der Waals surface area contributed by atoms with Gasteiger partial charge in [0.2, 0.25) is 5.91 Å². The molecule has 1 atom stereocenters. The molecule has 1 aliphatic rings. The van der Waals surface area contributed by atoms with Crippen LogP contribution in [0, 0.1) is 0 Å². The number of hydrogen-bond acceptors (Lipinski definition) is 3. The van der Waals surface area contributed by atoms with Crippen molar-refractivity contribution in [1.29, 1.82) is 0 Å². The van der Waals surface area contributed by atoms with Crippen molar-refractivity contribution in [2.24, 2.45) is 7.05 Å². The number of nitrogens with zero attached hydrogens (tertiary/aromatic N) is 4. The van der Waals surface area contributed by atoms with E-state index in [1.165, 1.54) is 10.9 Å². The normalized spacial score (nSPS) is 16.7. The number of carbonyl (C=O) groups is 1. The highest BCUT2D eigenvalue weighted by Gasteiger charge is 2.37. The number of aromatic amines is 1. The molecule has 0 spiro atoms. The summed E-state index contributed by atoms with van der Waals surface area (Å²) in [5.41, 5.74) is 5.52. The summed E-state index contributed by atoms with van der Waals surface area (Å²) in [6.45, 7) is 1.07. The first-order chi connectivity index (χ1) is 14.0. The molecule has 0 bridgehead atoms. The second-order valence-corrected chi connectivity index (χ2v) is 8.06. The van der Waals surface area contributed by atoms with Crippen molar-refractivity contribution < 1.29 is 4.79 Å². The molecule has 1 N–H and O–H groups in total. The molecule has 0 radical (unpaired) electrons. The molecular formula is C23H25N5O. The third-order valence-corrected chi connectivity index (χ3v) is 5.87. The lowest BCUT2D eigenvalue weighted by atomic mass is 9.96. The van der Waals surface area contributed by atoms with E-state index >= 15 is 0 Å². The van der Waals surface area contributed by atoms with Gasteiger partial charge in [-0.25, -0.2) is 4.98 Å². The Morgan fingerprint density at radius 1 is 1.17 bits per heavy atom. The van der Waals surface area contributed by atoms with E-state index in [2.05, 4.69) is 33.8 Å². The Morgan fingerprint density at radius 3 is 2.72 bits per heavy atom. The van der Waals surface area contributed by atoms with Gasteiger partial charge in [-0.05, 0) is 44.3 Å². The van der Waals surface area contributed by atoms with E-state index in [0.717, 1.165) is 34.5 Å². The van der Waals surface area contributed by atoms with Gasteiger partial charge in [-0.15, -0.1) is 0 Å². The van der Waals surface area contributed by atoms with Gasteiger partial charge in [0.05, 0.1) is 23.3 Å². The van der Waals surface area contributed by atoms with E-state index in [-0.39, 0.29) is 11.9 Å². The third kappa shape index (κ3) is 2.83. The van der Waals surface area contributed by atoms with Crippen molar-refractivity contribution in [3.63, 3.8) is 0 Å². The van der Waals surface area contributed by atoms with E-state index in [9.17, 15) is 4.79 Å². The Kier molecular flexibility index (Phi) is 4.17. The highest BCUT2D eigenvalue weighted by Crippen LogP contribution is 2.38. The number of aromatic nitrogens is 3. The number of imidazole rings is 1. The van der Waals surface area contributed by atoms with Gasteiger partial charge in [-0.2, -0.15) is 0 Å². The number of likely N-dealkylation sites (N-methyl/N-ethyl adjacent to an activating group) is 1. The van der Waals surface area contributed by atoms with Gasteiger partial charge >= 0.3 is 0 Å². The van der Waals surface area contributed by atoms with Crippen LogP contribution in [0.2, 0.25) is 0 Å². The van der Waals surface area contributed by atoms with E-state index in [1.807, 2.05) is 55.2 Å². The average Bonchev–Trinajstić information content (AvgIpc) is 3.25. The van der Waals surface area contributed by atoms with Crippen LogP contribution in [0.3, 0.4) is 0 Å². The number of para-hydroxylation sites is 3. The second kappa shape index (κ2) is 6.74. The van der Waals surface area contributed by atoms with Crippen LogP contribution in [0.1, 0.15) is 23.1 Å². The molecule has 2 aromatic heterocycles. The molecule has 0 aliphatic carbocycles. The van der Waals surface area contributed by atoms with Crippen molar-refractivity contribution in [3.05, 3.63) is 65.6 Å². The van der Waals surface area contributed by atoms with Gasteiger partial charge in [-0.3, -0.25) is 4.79 Å². The molecule has 148 valence electrons. The van der Waals surface area contributed by atoms with Crippen LogP contribution in [0.25, 0.3) is 21.9 Å². The average molecular weight is 387 g/mol. The Balaban J connectivity index is 1.72. The minimum Gasteiger partial charge on any atom is -0.356 e. The van der Waals surface area contributed by atoms with E-state index in [4.69, 9.17) is 4.98 Å². The Morgan fingerprint density at radius 2 is 1.93 bits per heavy atom. The fourth-order valence-electron chi connectivity index (χ4n) is 4.55. The third-order valence-electron chi connectivity index (χ3n) is 5.87. The molecule has 0 unspecified atom stereocenters. The van der Waals surface area contributed by atoms with E-state index in [1.54, 1.807) is 0 Å². The predicted molar refractivity (Wildman–Crippen MR) is 115 cm³/mol. The Labute approximate surface area is 169 Å². The SMILES string of the molecule is CN(C)CC(=O)N1CCc2c([nH]c3ccccc23)[C@H]1c1nc2ccccc2n1C. The summed E-state index contributed by atoms with van der Waals surface area (Å²) in [5.74, 6) is 1.02. The molecular weight excluding hydrogens is 362 g/mol. The number of hydrogen-bond donors (Lipinski definition) is 1. The lowest BCUT2D eigenvalue weighted by Gasteiger charge is -2.36. The topological polar surface area (TPSA) is 57.2 Å². The molecule has 5 rings (SSSR count). The number of fused-ring (bicyclic) bond motifs is 4. The van der Waals surface area contributed by atoms with Crippen LogP contribution < -0.4 is 0 Å². The number of aryl methyl sites for hydroxylation is 1. The largest absolute Gasteiger partial charge is 0.356 e. The zero-order valence-corrected chi connectivity index (χ0v) is 17.0. The van der Waals surface area contributed by atoms with Crippen molar-refractivity contribution in [3.8, 4) is 0 Å². The van der Waals surface area contributed by atoms with Gasteiger partial charge in [0, 0.05) is 24.5 Å². The molecule has 6 nitrogen and oxygen atoms in total. The second-order valence-electron chi connectivity index (χ2n) is 8.06. The van der Waals surface area contributed by atoms with Crippen molar-refractivity contribution in [2.45, 2.75) is 12.5 Å². The number of amides is 1. The first-order valence-corrected chi connectivity index (χ1v) is 9.99. The number of benzene rings is 2. The Bertz CT molecular complexity index is 1220. The standard InChI is InChI=1S/C23H25N5O/c1-26(2)14-20(29)28-13-12-16-15-8-4-5-9-17(15)24-21(16)22(28)23-25-18-10-6-7-11-19(18)27(23)3/h4-11,22,24H,12-14H2,1-3H3/t22-/m0/s1. The van der Waals surface area contributed by atoms with Crippen molar-refractivity contribution in [2.75, 3.05) is 27.2 Å². The lowest BCUT2D eigenvalue weighted by Crippen LogP contribution is -2.45. The summed E-state index contributed by atoms with van der Waals surface area (Å²) in [6, 6.07) is 16.3. The molecule has 0 saturated heterocycles. The summed E-state index contributed by atoms with van der Waals surface area (Å²) < 4.78 is 2.12. The number of H-pyrrole nitrogens is 1. The first kappa shape index (κ1) is 17.9. The zero-order chi connectivity index (χ0) is 20.1. The van der Waals surface area contributed by atoms with Gasteiger partial charge in [0.15, 0.2) is 0 Å². The van der Waals surface area contributed by atoms with Gasteiger partial charge in [-0.1, -0.05) is 30.3 Å².